The van der Waals surface area contributed by atoms with E-state index in [2.05, 4.69) is 13.8 Å². The zero-order valence-electron chi connectivity index (χ0n) is 20.1. The summed E-state index contributed by atoms with van der Waals surface area (Å²) in [4.78, 5) is 20.9. The molecule has 2 atom stereocenters. The zero-order valence-corrected chi connectivity index (χ0v) is 21.6. The topological polar surface area (TPSA) is 115 Å². The van der Waals surface area contributed by atoms with Crippen molar-refractivity contribution in [3.8, 4) is 0 Å². The molecule has 0 fully saturated rings. The van der Waals surface area contributed by atoms with E-state index in [1.54, 1.807) is 27.7 Å². The summed E-state index contributed by atoms with van der Waals surface area (Å²) >= 11 is 0. The summed E-state index contributed by atoms with van der Waals surface area (Å²) in [6.07, 6.45) is 7.10. The van der Waals surface area contributed by atoms with Crippen LogP contribution in [-0.4, -0.2) is 44.6 Å². The van der Waals surface area contributed by atoms with Gasteiger partial charge in [0.15, 0.2) is 0 Å². The van der Waals surface area contributed by atoms with E-state index >= 15 is 0 Å². The first kappa shape index (κ1) is 39.1. The molecule has 0 amide bonds. The predicted octanol–water partition coefficient (Wildman–Crippen LogP) is 5.35. The van der Waals surface area contributed by atoms with Crippen LogP contribution in [0.3, 0.4) is 0 Å². The number of carbonyl (C=O) groups is 2. The molecule has 0 radical (unpaired) electrons. The minimum atomic E-state index is -0.643. The number of aliphatic hydroxyl groups is 2. The van der Waals surface area contributed by atoms with Crippen molar-refractivity contribution < 1.29 is 51.7 Å². The molecule has 176 valence electrons. The van der Waals surface area contributed by atoms with E-state index in [0.717, 1.165) is 51.4 Å². The summed E-state index contributed by atoms with van der Waals surface area (Å²) in [5, 5.41) is 33.3. The molecule has 0 aromatic rings. The first-order valence-electron chi connectivity index (χ1n) is 10.7. The average molecular weight is 456 g/mol. The molecular weight excluding hydrogens is 408 g/mol. The van der Waals surface area contributed by atoms with Crippen molar-refractivity contribution in [2.45, 2.75) is 119 Å². The third kappa shape index (κ3) is 47.1. The van der Waals surface area contributed by atoms with Crippen molar-refractivity contribution >= 4 is 11.9 Å². The van der Waals surface area contributed by atoms with Crippen LogP contribution in [0.25, 0.3) is 0 Å². The molecule has 2 unspecified atom stereocenters. The number of hydrogen-bond acceptors (Lipinski definition) is 4. The minimum Gasteiger partial charge on any atom is -0.481 e. The number of unbranched alkanes of at least 4 members (excludes halogenated alkanes) is 2. The zero-order chi connectivity index (χ0) is 23.1. The molecule has 0 saturated carbocycles. The Bertz CT molecular complexity index is 298. The number of rotatable bonds is 10. The predicted molar refractivity (Wildman–Crippen MR) is 117 cm³/mol. The van der Waals surface area contributed by atoms with E-state index in [0.29, 0.717) is 0 Å². The Hall–Kier alpha value is -0.426. The Labute approximate surface area is 194 Å². The molecule has 0 aromatic heterocycles. The van der Waals surface area contributed by atoms with Crippen LogP contribution in [0, 0.1) is 11.8 Å². The molecule has 0 aromatic carbocycles. The van der Waals surface area contributed by atoms with E-state index in [9.17, 15) is 9.59 Å². The van der Waals surface area contributed by atoms with E-state index in [4.69, 9.17) is 20.4 Å². The van der Waals surface area contributed by atoms with E-state index < -0.39 is 11.9 Å². The fraction of sp³-hybridized carbons (Fsp3) is 0.909. The minimum absolute atomic E-state index is 0. The summed E-state index contributed by atoms with van der Waals surface area (Å²) in [7, 11) is 0. The number of carboxylic acids is 2. The molecule has 7 heteroatoms. The Morgan fingerprint density at radius 3 is 0.966 bits per heavy atom. The van der Waals surface area contributed by atoms with Gasteiger partial charge in [0, 0.05) is 33.9 Å². The fourth-order valence-electron chi connectivity index (χ4n) is 1.91. The summed E-state index contributed by atoms with van der Waals surface area (Å²) in [5.41, 5.74) is 0. The van der Waals surface area contributed by atoms with Gasteiger partial charge < -0.3 is 20.4 Å². The molecular formula is C22H48O6Ti. The van der Waals surface area contributed by atoms with Crippen molar-refractivity contribution in [3.63, 3.8) is 0 Å². The quantitative estimate of drug-likeness (QED) is 0.330. The maximum Gasteiger partial charge on any atom is 0.306 e. The van der Waals surface area contributed by atoms with Crippen LogP contribution in [0.5, 0.6) is 0 Å². The summed E-state index contributed by atoms with van der Waals surface area (Å²) in [5.74, 6) is -1.51. The van der Waals surface area contributed by atoms with Crippen LogP contribution in [0.2, 0.25) is 0 Å². The van der Waals surface area contributed by atoms with E-state index in [-0.39, 0.29) is 45.8 Å². The van der Waals surface area contributed by atoms with Crippen molar-refractivity contribution in [1.29, 1.82) is 0 Å². The molecule has 0 aliphatic carbocycles. The third-order valence-corrected chi connectivity index (χ3v) is 3.50. The first-order valence-corrected chi connectivity index (χ1v) is 10.7. The van der Waals surface area contributed by atoms with Gasteiger partial charge in [-0.3, -0.25) is 9.59 Å². The molecule has 29 heavy (non-hydrogen) atoms. The van der Waals surface area contributed by atoms with Gasteiger partial charge in [0.1, 0.15) is 0 Å². The van der Waals surface area contributed by atoms with Gasteiger partial charge in [-0.25, -0.2) is 0 Å². The Balaban J connectivity index is -0.0000000950. The SMILES string of the molecule is CC(C)O.CC(C)O.CCCCC(CC)C(=O)O.CCCCC(CC)C(=O)O.[Ti]. The van der Waals surface area contributed by atoms with Gasteiger partial charge in [-0.05, 0) is 53.4 Å². The molecule has 4 N–H and O–H groups in total. The van der Waals surface area contributed by atoms with Gasteiger partial charge >= 0.3 is 11.9 Å². The standard InChI is InChI=1S/2C8H16O2.2C3H8O.Ti/c2*1-3-5-6-7(4-2)8(9)10;2*1-3(2)4;/h2*7H,3-6H2,1-2H3,(H,9,10);2*3-4H,1-2H3;. The molecule has 0 aliphatic rings. The molecule has 0 rings (SSSR count). The van der Waals surface area contributed by atoms with Crippen LogP contribution in [0.4, 0.5) is 0 Å². The second-order valence-electron chi connectivity index (χ2n) is 7.36. The molecule has 0 heterocycles. The van der Waals surface area contributed by atoms with Crippen molar-refractivity contribution in [3.05, 3.63) is 0 Å². The molecule has 6 nitrogen and oxygen atoms in total. The number of hydrogen-bond donors (Lipinski definition) is 4. The Morgan fingerprint density at radius 2 is 0.862 bits per heavy atom. The summed E-state index contributed by atoms with van der Waals surface area (Å²) in [6.45, 7) is 14.9. The molecule has 0 aliphatic heterocycles. The van der Waals surface area contributed by atoms with Gasteiger partial charge in [-0.2, -0.15) is 0 Å². The maximum atomic E-state index is 10.4. The van der Waals surface area contributed by atoms with Gasteiger partial charge in [-0.15, -0.1) is 0 Å². The van der Waals surface area contributed by atoms with Crippen LogP contribution < -0.4 is 0 Å². The summed E-state index contributed by atoms with van der Waals surface area (Å²) in [6, 6.07) is 0. The Kier molecular flexibility index (Phi) is 40.1. The van der Waals surface area contributed by atoms with Gasteiger partial charge in [0.05, 0.1) is 11.8 Å². The van der Waals surface area contributed by atoms with Crippen molar-refractivity contribution in [1.82, 2.24) is 0 Å². The van der Waals surface area contributed by atoms with E-state index in [1.165, 1.54) is 0 Å². The normalized spacial score (nSPS) is 11.4. The van der Waals surface area contributed by atoms with Gasteiger partial charge in [-0.1, -0.05) is 53.4 Å². The molecule has 0 saturated heterocycles. The van der Waals surface area contributed by atoms with Crippen LogP contribution in [0.1, 0.15) is 107 Å². The first-order chi connectivity index (χ1) is 12.9. The smallest absolute Gasteiger partial charge is 0.306 e. The number of aliphatic hydroxyl groups excluding tert-OH is 2. The van der Waals surface area contributed by atoms with Crippen molar-refractivity contribution in [2.24, 2.45) is 11.8 Å². The van der Waals surface area contributed by atoms with E-state index in [1.807, 2.05) is 13.8 Å². The van der Waals surface area contributed by atoms with Crippen LogP contribution >= 0.6 is 0 Å². The summed E-state index contributed by atoms with van der Waals surface area (Å²) < 4.78 is 0. The largest absolute Gasteiger partial charge is 0.481 e. The van der Waals surface area contributed by atoms with Crippen molar-refractivity contribution in [2.75, 3.05) is 0 Å². The second kappa shape index (κ2) is 29.8. The molecule has 0 spiro atoms. The monoisotopic (exact) mass is 456 g/mol. The molecule has 0 bridgehead atoms. The average Bonchev–Trinajstić information content (AvgIpc) is 2.55. The second-order valence-corrected chi connectivity index (χ2v) is 7.36. The third-order valence-electron chi connectivity index (χ3n) is 3.50. The fourth-order valence-corrected chi connectivity index (χ4v) is 1.91. The number of carboxylic acid groups (broad SMARTS) is 2. The van der Waals surface area contributed by atoms with Crippen LogP contribution in [-0.2, 0) is 31.3 Å². The van der Waals surface area contributed by atoms with Gasteiger partial charge in [0.25, 0.3) is 0 Å². The Morgan fingerprint density at radius 1 is 0.655 bits per heavy atom. The van der Waals surface area contributed by atoms with Crippen LogP contribution in [0.15, 0.2) is 0 Å². The van der Waals surface area contributed by atoms with Gasteiger partial charge in [0.2, 0.25) is 0 Å². The maximum absolute atomic E-state index is 10.4. The number of aliphatic carboxylic acids is 2.